The Hall–Kier alpha value is -1.04. The van der Waals surface area contributed by atoms with Crippen LogP contribution in [-0.2, 0) is 19.1 Å². The molecule has 0 saturated heterocycles. The van der Waals surface area contributed by atoms with Crippen molar-refractivity contribution in [3.05, 3.63) is 0 Å². The van der Waals surface area contributed by atoms with E-state index >= 15 is 0 Å². The summed E-state index contributed by atoms with van der Waals surface area (Å²) < 4.78 is 4.74. The normalized spacial score (nSPS) is 10.5. The van der Waals surface area contributed by atoms with Gasteiger partial charge >= 0.3 is 17.9 Å². The summed E-state index contributed by atoms with van der Waals surface area (Å²) in [7, 11) is 0. The molecule has 0 radical (unpaired) electrons. The SMILES string of the molecule is CCCCCCCCCCCC(=O)OC(=O)CCSCCC(=O)O. The summed E-state index contributed by atoms with van der Waals surface area (Å²) in [6, 6.07) is 0. The highest BCUT2D eigenvalue weighted by Crippen LogP contribution is 2.11. The van der Waals surface area contributed by atoms with Gasteiger partial charge in [-0.05, 0) is 6.42 Å². The van der Waals surface area contributed by atoms with E-state index in [1.165, 1.54) is 50.3 Å². The van der Waals surface area contributed by atoms with E-state index in [1.807, 2.05) is 0 Å². The predicted octanol–water partition coefficient (Wildman–Crippen LogP) is 4.58. The van der Waals surface area contributed by atoms with Gasteiger partial charge in [0.15, 0.2) is 0 Å². The number of unbranched alkanes of at least 4 members (excludes halogenated alkanes) is 8. The highest BCUT2D eigenvalue weighted by Gasteiger charge is 2.10. The number of carbonyl (C=O) groups is 3. The Labute approximate surface area is 149 Å². The van der Waals surface area contributed by atoms with Crippen LogP contribution in [0.3, 0.4) is 0 Å². The smallest absolute Gasteiger partial charge is 0.314 e. The summed E-state index contributed by atoms with van der Waals surface area (Å²) in [5, 5.41) is 8.48. The van der Waals surface area contributed by atoms with Crippen molar-refractivity contribution in [3.8, 4) is 0 Å². The first-order valence-corrected chi connectivity index (χ1v) is 10.2. The van der Waals surface area contributed by atoms with Crippen LogP contribution in [0.4, 0.5) is 0 Å². The van der Waals surface area contributed by atoms with Gasteiger partial charge in [0.2, 0.25) is 0 Å². The summed E-state index contributed by atoms with van der Waals surface area (Å²) in [5.41, 5.74) is 0. The van der Waals surface area contributed by atoms with Gasteiger partial charge in [-0.2, -0.15) is 11.8 Å². The van der Waals surface area contributed by atoms with Gasteiger partial charge in [-0.1, -0.05) is 58.3 Å². The number of carboxylic acid groups (broad SMARTS) is 1. The predicted molar refractivity (Wildman–Crippen MR) is 97.1 cm³/mol. The lowest BCUT2D eigenvalue weighted by atomic mass is 10.1. The standard InChI is InChI=1S/C18H32O5S/c1-2-3-4-5-6-7-8-9-10-11-17(21)23-18(22)13-15-24-14-12-16(19)20/h2-15H2,1H3,(H,19,20). The first-order chi connectivity index (χ1) is 11.6. The van der Waals surface area contributed by atoms with Crippen LogP contribution in [0.15, 0.2) is 0 Å². The van der Waals surface area contributed by atoms with Crippen LogP contribution in [0.25, 0.3) is 0 Å². The van der Waals surface area contributed by atoms with E-state index < -0.39 is 17.9 Å². The maximum atomic E-state index is 11.5. The van der Waals surface area contributed by atoms with E-state index in [9.17, 15) is 14.4 Å². The topological polar surface area (TPSA) is 80.7 Å². The van der Waals surface area contributed by atoms with E-state index in [-0.39, 0.29) is 12.8 Å². The summed E-state index contributed by atoms with van der Waals surface area (Å²) in [6.45, 7) is 2.21. The van der Waals surface area contributed by atoms with Crippen LogP contribution in [0, 0.1) is 0 Å². The van der Waals surface area contributed by atoms with Crippen LogP contribution in [0.2, 0.25) is 0 Å². The zero-order valence-electron chi connectivity index (χ0n) is 14.9. The zero-order chi connectivity index (χ0) is 18.0. The second-order valence-corrected chi connectivity index (χ2v) is 7.16. The van der Waals surface area contributed by atoms with Gasteiger partial charge in [0.25, 0.3) is 0 Å². The first kappa shape index (κ1) is 23.0. The molecule has 0 aromatic heterocycles. The van der Waals surface area contributed by atoms with Crippen molar-refractivity contribution < 1.29 is 24.2 Å². The molecule has 0 aromatic rings. The summed E-state index contributed by atoms with van der Waals surface area (Å²) in [6.07, 6.45) is 11.1. The number of carboxylic acids is 1. The number of thioether (sulfide) groups is 1. The Morgan fingerprint density at radius 1 is 0.750 bits per heavy atom. The molecule has 0 amide bonds. The maximum absolute atomic E-state index is 11.5. The van der Waals surface area contributed by atoms with Crippen molar-refractivity contribution in [2.45, 2.75) is 84.0 Å². The van der Waals surface area contributed by atoms with Gasteiger partial charge in [-0.3, -0.25) is 14.4 Å². The molecule has 5 nitrogen and oxygen atoms in total. The van der Waals surface area contributed by atoms with E-state index in [2.05, 4.69) is 6.92 Å². The van der Waals surface area contributed by atoms with Crippen molar-refractivity contribution >= 4 is 29.7 Å². The quantitative estimate of drug-likeness (QED) is 0.247. The molecule has 0 heterocycles. The molecule has 24 heavy (non-hydrogen) atoms. The van der Waals surface area contributed by atoms with E-state index in [0.29, 0.717) is 17.9 Å². The molecule has 0 aliphatic heterocycles. The minimum atomic E-state index is -0.846. The van der Waals surface area contributed by atoms with Crippen LogP contribution in [0.5, 0.6) is 0 Å². The maximum Gasteiger partial charge on any atom is 0.314 e. The molecule has 0 spiro atoms. The Kier molecular flexibility index (Phi) is 16.1. The van der Waals surface area contributed by atoms with Gasteiger partial charge in [0.05, 0.1) is 12.8 Å². The molecule has 0 rings (SSSR count). The fourth-order valence-electron chi connectivity index (χ4n) is 2.23. The molecule has 0 atom stereocenters. The Morgan fingerprint density at radius 3 is 1.83 bits per heavy atom. The molecule has 1 N–H and O–H groups in total. The Balaban J connectivity index is 3.38. The molecule has 0 fully saturated rings. The minimum Gasteiger partial charge on any atom is -0.481 e. The number of hydrogen-bond donors (Lipinski definition) is 1. The van der Waals surface area contributed by atoms with Gasteiger partial charge in [0, 0.05) is 17.9 Å². The molecule has 140 valence electrons. The van der Waals surface area contributed by atoms with Crippen LogP contribution in [-0.4, -0.2) is 34.5 Å². The monoisotopic (exact) mass is 360 g/mol. The highest BCUT2D eigenvalue weighted by molar-refractivity contribution is 7.99. The molecule has 0 aliphatic rings. The van der Waals surface area contributed by atoms with Gasteiger partial charge in [0.1, 0.15) is 0 Å². The average molecular weight is 361 g/mol. The molecule has 0 aliphatic carbocycles. The number of hydrogen-bond acceptors (Lipinski definition) is 5. The number of esters is 2. The second-order valence-electron chi connectivity index (χ2n) is 5.93. The number of rotatable bonds is 16. The lowest BCUT2D eigenvalue weighted by Crippen LogP contribution is -2.12. The fourth-order valence-corrected chi connectivity index (χ4v) is 3.06. The van der Waals surface area contributed by atoms with E-state index in [1.54, 1.807) is 0 Å². The van der Waals surface area contributed by atoms with Gasteiger partial charge in [-0.25, -0.2) is 0 Å². The lowest BCUT2D eigenvalue weighted by Gasteiger charge is -2.04. The zero-order valence-corrected chi connectivity index (χ0v) is 15.7. The van der Waals surface area contributed by atoms with Crippen molar-refractivity contribution in [1.82, 2.24) is 0 Å². The summed E-state index contributed by atoms with van der Waals surface area (Å²) in [4.78, 5) is 33.3. The third-order valence-corrected chi connectivity index (χ3v) is 4.61. The average Bonchev–Trinajstić information content (AvgIpc) is 2.52. The van der Waals surface area contributed by atoms with Crippen molar-refractivity contribution in [1.29, 1.82) is 0 Å². The first-order valence-electron chi connectivity index (χ1n) is 9.09. The molecule has 0 saturated carbocycles. The molecular formula is C18H32O5S. The van der Waals surface area contributed by atoms with E-state index in [4.69, 9.17) is 9.84 Å². The Morgan fingerprint density at radius 2 is 1.25 bits per heavy atom. The highest BCUT2D eigenvalue weighted by atomic mass is 32.2. The second kappa shape index (κ2) is 16.8. The van der Waals surface area contributed by atoms with Crippen molar-refractivity contribution in [2.24, 2.45) is 0 Å². The molecule has 0 aromatic carbocycles. The lowest BCUT2D eigenvalue weighted by molar-refractivity contribution is -0.159. The third-order valence-electron chi connectivity index (χ3n) is 3.62. The van der Waals surface area contributed by atoms with Crippen LogP contribution < -0.4 is 0 Å². The number of ether oxygens (including phenoxy) is 1. The van der Waals surface area contributed by atoms with Gasteiger partial charge < -0.3 is 9.84 Å². The fraction of sp³-hybridized carbons (Fsp3) is 0.833. The molecule has 0 bridgehead atoms. The Bertz CT molecular complexity index is 357. The van der Waals surface area contributed by atoms with Crippen molar-refractivity contribution in [3.63, 3.8) is 0 Å². The van der Waals surface area contributed by atoms with Crippen LogP contribution in [0.1, 0.15) is 84.0 Å². The van der Waals surface area contributed by atoms with Gasteiger partial charge in [-0.15, -0.1) is 0 Å². The minimum absolute atomic E-state index is 0.0806. The van der Waals surface area contributed by atoms with E-state index in [0.717, 1.165) is 19.3 Å². The molecular weight excluding hydrogens is 328 g/mol. The summed E-state index contributed by atoms with van der Waals surface area (Å²) >= 11 is 1.38. The number of carbonyl (C=O) groups excluding carboxylic acids is 2. The van der Waals surface area contributed by atoms with Crippen LogP contribution >= 0.6 is 11.8 Å². The third kappa shape index (κ3) is 17.3. The summed E-state index contributed by atoms with van der Waals surface area (Å²) in [5.74, 6) is -0.856. The largest absolute Gasteiger partial charge is 0.481 e. The number of aliphatic carboxylic acids is 1. The molecule has 6 heteroatoms. The molecule has 0 unspecified atom stereocenters. The van der Waals surface area contributed by atoms with Crippen molar-refractivity contribution in [2.75, 3.05) is 11.5 Å².